The first kappa shape index (κ1) is 13.4. The Labute approximate surface area is 120 Å². The molecule has 1 fully saturated rings. The van der Waals surface area contributed by atoms with Crippen LogP contribution in [-0.4, -0.2) is 23.2 Å². The maximum absolute atomic E-state index is 9.66. The van der Waals surface area contributed by atoms with E-state index in [1.54, 1.807) is 0 Å². The highest BCUT2D eigenvalue weighted by molar-refractivity contribution is 5.81. The lowest BCUT2D eigenvalue weighted by molar-refractivity contribution is 0.282. The zero-order valence-corrected chi connectivity index (χ0v) is 12.0. The smallest absolute Gasteiger partial charge is 0.134 e. The molecular formula is C17H22N2O. The predicted molar refractivity (Wildman–Crippen MR) is 82.9 cm³/mol. The van der Waals surface area contributed by atoms with Gasteiger partial charge in [-0.05, 0) is 37.3 Å². The first-order valence-corrected chi connectivity index (χ1v) is 7.52. The van der Waals surface area contributed by atoms with Crippen molar-refractivity contribution in [3.63, 3.8) is 0 Å². The van der Waals surface area contributed by atoms with Gasteiger partial charge in [-0.1, -0.05) is 25.1 Å². The van der Waals surface area contributed by atoms with E-state index < -0.39 is 0 Å². The summed E-state index contributed by atoms with van der Waals surface area (Å²) in [6.45, 7) is 4.46. The normalized spacial score (nSPS) is 20.1. The fourth-order valence-corrected chi connectivity index (χ4v) is 3.01. The lowest BCUT2D eigenvalue weighted by Crippen LogP contribution is -2.26. The van der Waals surface area contributed by atoms with E-state index in [1.807, 2.05) is 18.2 Å². The Hall–Kier alpha value is -1.61. The molecule has 0 radical (unpaired) electrons. The van der Waals surface area contributed by atoms with Gasteiger partial charge < -0.3 is 10.0 Å². The largest absolute Gasteiger partial charge is 0.392 e. The van der Waals surface area contributed by atoms with Crippen LogP contribution in [0.15, 0.2) is 30.3 Å². The van der Waals surface area contributed by atoms with Gasteiger partial charge in [0, 0.05) is 24.0 Å². The van der Waals surface area contributed by atoms with Crippen LogP contribution in [0.1, 0.15) is 31.7 Å². The van der Waals surface area contributed by atoms with Gasteiger partial charge in [-0.15, -0.1) is 0 Å². The van der Waals surface area contributed by atoms with Gasteiger partial charge in [0.25, 0.3) is 0 Å². The van der Waals surface area contributed by atoms with E-state index in [0.717, 1.165) is 41.3 Å². The number of aliphatic hydroxyl groups excluding tert-OH is 1. The average Bonchev–Trinajstić information content (AvgIpc) is 2.70. The van der Waals surface area contributed by atoms with E-state index in [0.29, 0.717) is 0 Å². The highest BCUT2D eigenvalue weighted by atomic mass is 16.3. The molecule has 1 aromatic heterocycles. The summed E-state index contributed by atoms with van der Waals surface area (Å²) in [5.41, 5.74) is 1.95. The van der Waals surface area contributed by atoms with Crippen molar-refractivity contribution >= 4 is 16.7 Å². The zero-order chi connectivity index (χ0) is 13.9. The number of pyridine rings is 1. The molecule has 3 heteroatoms. The molecular weight excluding hydrogens is 248 g/mol. The fraction of sp³-hybridized carbons (Fsp3) is 0.471. The van der Waals surface area contributed by atoms with Crippen LogP contribution in [0.5, 0.6) is 0 Å². The lowest BCUT2D eigenvalue weighted by Gasteiger charge is -2.24. The SMILES string of the molecule is CC1CCCN(c2nc3ccccc3cc2CO)CC1. The van der Waals surface area contributed by atoms with Crippen molar-refractivity contribution in [3.8, 4) is 0 Å². The van der Waals surface area contributed by atoms with Gasteiger partial charge in [-0.2, -0.15) is 0 Å². The number of benzene rings is 1. The summed E-state index contributed by atoms with van der Waals surface area (Å²) in [5, 5.41) is 10.8. The van der Waals surface area contributed by atoms with Gasteiger partial charge in [0.15, 0.2) is 0 Å². The summed E-state index contributed by atoms with van der Waals surface area (Å²) in [7, 11) is 0. The average molecular weight is 270 g/mol. The van der Waals surface area contributed by atoms with Gasteiger partial charge in [0.05, 0.1) is 12.1 Å². The zero-order valence-electron chi connectivity index (χ0n) is 12.0. The fourth-order valence-electron chi connectivity index (χ4n) is 3.01. The maximum Gasteiger partial charge on any atom is 0.134 e. The third-order valence-corrected chi connectivity index (χ3v) is 4.27. The molecule has 1 saturated heterocycles. The standard InChI is InChI=1S/C17H22N2O/c1-13-5-4-9-19(10-8-13)17-15(12-20)11-14-6-2-3-7-16(14)18-17/h2-3,6-7,11,13,20H,4-5,8-10,12H2,1H3. The molecule has 1 N–H and O–H groups in total. The Morgan fingerprint density at radius 2 is 2.10 bits per heavy atom. The number of rotatable bonds is 2. The highest BCUT2D eigenvalue weighted by Gasteiger charge is 2.18. The summed E-state index contributed by atoms with van der Waals surface area (Å²) < 4.78 is 0. The van der Waals surface area contributed by atoms with Crippen molar-refractivity contribution in [2.45, 2.75) is 32.8 Å². The Morgan fingerprint density at radius 1 is 1.25 bits per heavy atom. The molecule has 1 aliphatic rings. The molecule has 0 spiro atoms. The van der Waals surface area contributed by atoms with Crippen LogP contribution < -0.4 is 4.90 Å². The van der Waals surface area contributed by atoms with E-state index in [2.05, 4.69) is 24.0 Å². The van der Waals surface area contributed by atoms with Gasteiger partial charge in [0.1, 0.15) is 5.82 Å². The number of aromatic nitrogens is 1. The van der Waals surface area contributed by atoms with Crippen molar-refractivity contribution in [1.29, 1.82) is 0 Å². The van der Waals surface area contributed by atoms with Crippen LogP contribution in [-0.2, 0) is 6.61 Å². The van der Waals surface area contributed by atoms with Crippen LogP contribution in [0, 0.1) is 5.92 Å². The predicted octanol–water partition coefficient (Wildman–Crippen LogP) is 3.35. The summed E-state index contributed by atoms with van der Waals surface area (Å²) in [6.07, 6.45) is 3.71. The molecule has 0 amide bonds. The molecule has 3 nitrogen and oxygen atoms in total. The van der Waals surface area contributed by atoms with Crippen molar-refractivity contribution in [1.82, 2.24) is 4.98 Å². The minimum absolute atomic E-state index is 0.0548. The minimum Gasteiger partial charge on any atom is -0.392 e. The molecule has 20 heavy (non-hydrogen) atoms. The molecule has 3 rings (SSSR count). The van der Waals surface area contributed by atoms with Crippen LogP contribution in [0.2, 0.25) is 0 Å². The molecule has 2 aromatic rings. The topological polar surface area (TPSA) is 36.4 Å². The number of para-hydroxylation sites is 1. The quantitative estimate of drug-likeness (QED) is 0.909. The highest BCUT2D eigenvalue weighted by Crippen LogP contribution is 2.27. The molecule has 1 unspecified atom stereocenters. The summed E-state index contributed by atoms with van der Waals surface area (Å²) in [6, 6.07) is 10.2. The van der Waals surface area contributed by atoms with Crippen molar-refractivity contribution in [2.75, 3.05) is 18.0 Å². The van der Waals surface area contributed by atoms with E-state index in [9.17, 15) is 5.11 Å². The molecule has 0 saturated carbocycles. The van der Waals surface area contributed by atoms with E-state index in [1.165, 1.54) is 19.3 Å². The van der Waals surface area contributed by atoms with Crippen LogP contribution in [0.25, 0.3) is 10.9 Å². The van der Waals surface area contributed by atoms with Gasteiger partial charge >= 0.3 is 0 Å². The second kappa shape index (κ2) is 5.80. The molecule has 1 aromatic carbocycles. The van der Waals surface area contributed by atoms with Crippen LogP contribution in [0.4, 0.5) is 5.82 Å². The summed E-state index contributed by atoms with van der Waals surface area (Å²) in [4.78, 5) is 7.15. The number of hydrogen-bond donors (Lipinski definition) is 1. The first-order valence-electron chi connectivity index (χ1n) is 7.52. The van der Waals surface area contributed by atoms with Crippen molar-refractivity contribution in [3.05, 3.63) is 35.9 Å². The Balaban J connectivity index is 2.00. The van der Waals surface area contributed by atoms with Crippen molar-refractivity contribution < 1.29 is 5.11 Å². The first-order chi connectivity index (χ1) is 9.78. The maximum atomic E-state index is 9.66. The molecule has 1 atom stereocenters. The van der Waals surface area contributed by atoms with Gasteiger partial charge in [-0.3, -0.25) is 0 Å². The number of nitrogens with zero attached hydrogens (tertiary/aromatic N) is 2. The Kier molecular flexibility index (Phi) is 3.88. The molecule has 0 bridgehead atoms. The third kappa shape index (κ3) is 2.63. The number of hydrogen-bond acceptors (Lipinski definition) is 3. The number of aliphatic hydroxyl groups is 1. The summed E-state index contributed by atoms with van der Waals surface area (Å²) in [5.74, 6) is 1.76. The van der Waals surface area contributed by atoms with E-state index >= 15 is 0 Å². The molecule has 0 aliphatic carbocycles. The van der Waals surface area contributed by atoms with Gasteiger partial charge in [0.2, 0.25) is 0 Å². The van der Waals surface area contributed by atoms with Crippen molar-refractivity contribution in [2.24, 2.45) is 5.92 Å². The molecule has 2 heterocycles. The Bertz CT molecular complexity index is 597. The molecule has 1 aliphatic heterocycles. The van der Waals surface area contributed by atoms with Gasteiger partial charge in [-0.25, -0.2) is 4.98 Å². The van der Waals surface area contributed by atoms with Crippen LogP contribution >= 0.6 is 0 Å². The van der Waals surface area contributed by atoms with E-state index in [-0.39, 0.29) is 6.61 Å². The van der Waals surface area contributed by atoms with Crippen LogP contribution in [0.3, 0.4) is 0 Å². The third-order valence-electron chi connectivity index (χ3n) is 4.27. The second-order valence-corrected chi connectivity index (χ2v) is 5.85. The number of fused-ring (bicyclic) bond motifs is 1. The number of anilines is 1. The lowest BCUT2D eigenvalue weighted by atomic mass is 10.0. The minimum atomic E-state index is 0.0548. The molecule has 106 valence electrons. The second-order valence-electron chi connectivity index (χ2n) is 5.85. The Morgan fingerprint density at radius 3 is 2.95 bits per heavy atom. The summed E-state index contributed by atoms with van der Waals surface area (Å²) >= 11 is 0. The monoisotopic (exact) mass is 270 g/mol. The van der Waals surface area contributed by atoms with E-state index in [4.69, 9.17) is 4.98 Å².